The van der Waals surface area contributed by atoms with Gasteiger partial charge in [0.05, 0.1) is 6.04 Å². The molecule has 2 nitrogen and oxygen atoms in total. The van der Waals surface area contributed by atoms with Crippen LogP contribution in [-0.4, -0.2) is 24.3 Å². The number of benzene rings is 1. The first-order chi connectivity index (χ1) is 6.83. The van der Waals surface area contributed by atoms with Crippen LogP contribution >= 0.6 is 0 Å². The zero-order valence-electron chi connectivity index (χ0n) is 8.81. The zero-order chi connectivity index (χ0) is 10.4. The Morgan fingerprint density at radius 3 is 2.21 bits per heavy atom. The molecule has 14 heavy (non-hydrogen) atoms. The highest BCUT2D eigenvalue weighted by atomic mass is 16.1. The van der Waals surface area contributed by atoms with Gasteiger partial charge in [-0.25, -0.2) is 0 Å². The van der Waals surface area contributed by atoms with Crippen LogP contribution in [0.5, 0.6) is 0 Å². The van der Waals surface area contributed by atoms with Gasteiger partial charge in [-0.05, 0) is 18.7 Å². The van der Waals surface area contributed by atoms with Crippen LogP contribution in [0.15, 0.2) is 30.3 Å². The van der Waals surface area contributed by atoms with E-state index in [0.29, 0.717) is 0 Å². The predicted molar refractivity (Wildman–Crippen MR) is 58.2 cm³/mol. The van der Waals surface area contributed by atoms with Gasteiger partial charge in [0.2, 0.25) is 0 Å². The highest BCUT2D eigenvalue weighted by Gasteiger charge is 2.15. The Morgan fingerprint density at radius 1 is 1.21 bits per heavy atom. The summed E-state index contributed by atoms with van der Waals surface area (Å²) < 4.78 is 0. The van der Waals surface area contributed by atoms with E-state index in [2.05, 4.69) is 18.7 Å². The van der Waals surface area contributed by atoms with Crippen LogP contribution in [-0.2, 0) is 4.79 Å². The van der Waals surface area contributed by atoms with Crippen LogP contribution in [0.2, 0.25) is 0 Å². The second-order valence-corrected chi connectivity index (χ2v) is 3.21. The maximum absolute atomic E-state index is 11.0. The van der Waals surface area contributed by atoms with E-state index in [1.165, 1.54) is 0 Å². The first kappa shape index (κ1) is 10.9. The van der Waals surface area contributed by atoms with E-state index in [-0.39, 0.29) is 6.04 Å². The average molecular weight is 191 g/mol. The van der Waals surface area contributed by atoms with E-state index >= 15 is 0 Å². The molecule has 0 heterocycles. The first-order valence-corrected chi connectivity index (χ1v) is 5.07. The minimum atomic E-state index is -0.0915. The zero-order valence-corrected chi connectivity index (χ0v) is 8.81. The maximum Gasteiger partial charge on any atom is 0.141 e. The lowest BCUT2D eigenvalue weighted by Gasteiger charge is -2.25. The highest BCUT2D eigenvalue weighted by Crippen LogP contribution is 2.17. The first-order valence-electron chi connectivity index (χ1n) is 5.07. The van der Waals surface area contributed by atoms with Crippen LogP contribution in [0.1, 0.15) is 25.5 Å². The van der Waals surface area contributed by atoms with Crippen molar-refractivity contribution in [2.24, 2.45) is 0 Å². The molecule has 0 aliphatic heterocycles. The molecule has 76 valence electrons. The molecular formula is C12H17NO. The summed E-state index contributed by atoms with van der Waals surface area (Å²) in [6, 6.07) is 9.80. The number of carbonyl (C=O) groups is 1. The summed E-state index contributed by atoms with van der Waals surface area (Å²) in [4.78, 5) is 13.2. The molecule has 2 heteroatoms. The topological polar surface area (TPSA) is 20.3 Å². The standard InChI is InChI=1S/C12H17NO/c1-3-13(4-2)12(10-14)11-8-6-5-7-9-11/h5-10,12H,3-4H2,1-2H3/t12-/m0/s1. The van der Waals surface area contributed by atoms with E-state index < -0.39 is 0 Å². The van der Waals surface area contributed by atoms with Crippen molar-refractivity contribution in [2.75, 3.05) is 13.1 Å². The Balaban J connectivity index is 2.86. The Hall–Kier alpha value is -1.15. The molecule has 0 amide bonds. The Bertz CT molecular complexity index is 267. The Kier molecular flexibility index (Phi) is 4.33. The molecule has 0 saturated heterocycles. The van der Waals surface area contributed by atoms with Crippen molar-refractivity contribution < 1.29 is 4.79 Å². The number of likely N-dealkylation sites (N-methyl/N-ethyl adjacent to an activating group) is 1. The van der Waals surface area contributed by atoms with Crippen LogP contribution in [0.3, 0.4) is 0 Å². The summed E-state index contributed by atoms with van der Waals surface area (Å²) in [7, 11) is 0. The van der Waals surface area contributed by atoms with E-state index in [1.54, 1.807) is 0 Å². The molecule has 0 aromatic heterocycles. The summed E-state index contributed by atoms with van der Waals surface area (Å²) in [6.07, 6.45) is 1.02. The van der Waals surface area contributed by atoms with Gasteiger partial charge in [0, 0.05) is 0 Å². The molecule has 0 fully saturated rings. The maximum atomic E-state index is 11.0. The number of rotatable bonds is 5. The molecule has 0 unspecified atom stereocenters. The van der Waals surface area contributed by atoms with Crippen molar-refractivity contribution >= 4 is 6.29 Å². The minimum absolute atomic E-state index is 0.0915. The van der Waals surface area contributed by atoms with Crippen molar-refractivity contribution in [1.29, 1.82) is 0 Å². The molecule has 1 aromatic carbocycles. The van der Waals surface area contributed by atoms with Gasteiger partial charge in [-0.3, -0.25) is 4.90 Å². The van der Waals surface area contributed by atoms with E-state index in [0.717, 1.165) is 24.9 Å². The lowest BCUT2D eigenvalue weighted by Crippen LogP contribution is -2.29. The third-order valence-electron chi connectivity index (χ3n) is 2.48. The molecule has 0 saturated carbocycles. The lowest BCUT2D eigenvalue weighted by molar-refractivity contribution is -0.112. The molecule has 1 atom stereocenters. The summed E-state index contributed by atoms with van der Waals surface area (Å²) in [5, 5.41) is 0. The van der Waals surface area contributed by atoms with Crippen LogP contribution in [0.25, 0.3) is 0 Å². The Morgan fingerprint density at radius 2 is 1.79 bits per heavy atom. The fourth-order valence-electron chi connectivity index (χ4n) is 1.64. The van der Waals surface area contributed by atoms with Crippen molar-refractivity contribution in [3.05, 3.63) is 35.9 Å². The fourth-order valence-corrected chi connectivity index (χ4v) is 1.64. The van der Waals surface area contributed by atoms with Gasteiger partial charge in [-0.15, -0.1) is 0 Å². The van der Waals surface area contributed by atoms with Gasteiger partial charge >= 0.3 is 0 Å². The molecule has 0 N–H and O–H groups in total. The lowest BCUT2D eigenvalue weighted by atomic mass is 10.1. The van der Waals surface area contributed by atoms with Gasteiger partial charge in [0.25, 0.3) is 0 Å². The largest absolute Gasteiger partial charge is 0.301 e. The highest BCUT2D eigenvalue weighted by molar-refractivity contribution is 5.61. The summed E-state index contributed by atoms with van der Waals surface area (Å²) >= 11 is 0. The van der Waals surface area contributed by atoms with E-state index in [1.807, 2.05) is 30.3 Å². The van der Waals surface area contributed by atoms with Crippen LogP contribution < -0.4 is 0 Å². The van der Waals surface area contributed by atoms with E-state index in [4.69, 9.17) is 0 Å². The van der Waals surface area contributed by atoms with Crippen molar-refractivity contribution in [2.45, 2.75) is 19.9 Å². The van der Waals surface area contributed by atoms with Crippen LogP contribution in [0, 0.1) is 0 Å². The fraction of sp³-hybridized carbons (Fsp3) is 0.417. The quantitative estimate of drug-likeness (QED) is 0.665. The molecule has 1 aromatic rings. The van der Waals surface area contributed by atoms with Crippen molar-refractivity contribution in [1.82, 2.24) is 4.90 Å². The number of nitrogens with zero attached hydrogens (tertiary/aromatic N) is 1. The van der Waals surface area contributed by atoms with Crippen molar-refractivity contribution in [3.63, 3.8) is 0 Å². The normalized spacial score (nSPS) is 12.8. The monoisotopic (exact) mass is 191 g/mol. The molecule has 0 aliphatic rings. The molecule has 0 bridgehead atoms. The van der Waals surface area contributed by atoms with Crippen LogP contribution in [0.4, 0.5) is 0 Å². The predicted octanol–water partition coefficient (Wildman–Crippen LogP) is 2.27. The third-order valence-corrected chi connectivity index (χ3v) is 2.48. The van der Waals surface area contributed by atoms with Gasteiger partial charge in [0.15, 0.2) is 0 Å². The Labute approximate surface area is 85.5 Å². The third kappa shape index (κ3) is 2.42. The molecule has 0 spiro atoms. The average Bonchev–Trinajstić information content (AvgIpc) is 2.27. The van der Waals surface area contributed by atoms with Gasteiger partial charge in [-0.2, -0.15) is 0 Å². The number of hydrogen-bond acceptors (Lipinski definition) is 2. The smallest absolute Gasteiger partial charge is 0.141 e. The number of carbonyl (C=O) groups excluding carboxylic acids is 1. The second-order valence-electron chi connectivity index (χ2n) is 3.21. The molecule has 1 rings (SSSR count). The summed E-state index contributed by atoms with van der Waals surface area (Å²) in [5.74, 6) is 0. The van der Waals surface area contributed by atoms with Gasteiger partial charge < -0.3 is 4.79 Å². The number of aldehydes is 1. The molecule has 0 aliphatic carbocycles. The van der Waals surface area contributed by atoms with E-state index in [9.17, 15) is 4.79 Å². The van der Waals surface area contributed by atoms with Gasteiger partial charge in [-0.1, -0.05) is 44.2 Å². The van der Waals surface area contributed by atoms with Crippen molar-refractivity contribution in [3.8, 4) is 0 Å². The summed E-state index contributed by atoms with van der Waals surface area (Å²) in [6.45, 7) is 5.94. The van der Waals surface area contributed by atoms with Gasteiger partial charge in [0.1, 0.15) is 6.29 Å². The minimum Gasteiger partial charge on any atom is -0.301 e. The SMILES string of the molecule is CCN(CC)[C@@H](C=O)c1ccccc1. The summed E-state index contributed by atoms with van der Waals surface area (Å²) in [5.41, 5.74) is 1.08. The molecular weight excluding hydrogens is 174 g/mol. The number of hydrogen-bond donors (Lipinski definition) is 0. The molecule has 0 radical (unpaired) electrons. The second kappa shape index (κ2) is 5.55.